The lowest BCUT2D eigenvalue weighted by Gasteiger charge is -2.15. The number of sulfonamides is 1. The third-order valence-corrected chi connectivity index (χ3v) is 6.31. The summed E-state index contributed by atoms with van der Waals surface area (Å²) >= 11 is 0. The largest absolute Gasteiger partial charge is 0.243 e. The van der Waals surface area contributed by atoms with Crippen LogP contribution in [-0.2, 0) is 29.5 Å². The Balaban J connectivity index is 1.92. The number of benzene rings is 2. The normalized spacial score (nSPS) is 14.9. The molecular formula is C19H23NO2S. The minimum absolute atomic E-state index is 0.377. The van der Waals surface area contributed by atoms with Crippen molar-refractivity contribution in [3.8, 4) is 0 Å². The molecule has 0 radical (unpaired) electrons. The van der Waals surface area contributed by atoms with E-state index >= 15 is 0 Å². The number of hydrogen-bond acceptors (Lipinski definition) is 2. The summed E-state index contributed by atoms with van der Waals surface area (Å²) in [5.41, 5.74) is 5.89. The second-order valence-electron chi connectivity index (χ2n) is 6.39. The zero-order valence-electron chi connectivity index (χ0n) is 14.0. The van der Waals surface area contributed by atoms with Crippen LogP contribution in [0, 0.1) is 13.8 Å². The van der Waals surface area contributed by atoms with Gasteiger partial charge in [0.2, 0.25) is 10.0 Å². The molecule has 0 aliphatic carbocycles. The highest BCUT2D eigenvalue weighted by atomic mass is 32.2. The SMILES string of the molecule is CCCc1cc(C)c2c(c1)CN(S(=O)(=O)c1ccc(C)cc1)C2. The van der Waals surface area contributed by atoms with Gasteiger partial charge in [-0.15, -0.1) is 0 Å². The molecule has 0 atom stereocenters. The van der Waals surface area contributed by atoms with E-state index in [-0.39, 0.29) is 0 Å². The predicted octanol–water partition coefficient (Wildman–Crippen LogP) is 3.96. The topological polar surface area (TPSA) is 37.4 Å². The minimum Gasteiger partial charge on any atom is -0.207 e. The van der Waals surface area contributed by atoms with Crippen LogP contribution < -0.4 is 0 Å². The van der Waals surface area contributed by atoms with Gasteiger partial charge in [0.1, 0.15) is 0 Å². The van der Waals surface area contributed by atoms with Crippen LogP contribution in [0.1, 0.15) is 41.2 Å². The molecule has 2 aromatic rings. The van der Waals surface area contributed by atoms with E-state index in [4.69, 9.17) is 0 Å². The molecule has 122 valence electrons. The first-order chi connectivity index (χ1) is 10.9. The van der Waals surface area contributed by atoms with Gasteiger partial charge < -0.3 is 0 Å². The fourth-order valence-electron chi connectivity index (χ4n) is 3.22. The van der Waals surface area contributed by atoms with Crippen LogP contribution in [-0.4, -0.2) is 12.7 Å². The fourth-order valence-corrected chi connectivity index (χ4v) is 4.61. The monoisotopic (exact) mass is 329 g/mol. The Labute approximate surface area is 139 Å². The van der Waals surface area contributed by atoms with E-state index in [0.29, 0.717) is 18.0 Å². The van der Waals surface area contributed by atoms with Crippen molar-refractivity contribution in [3.05, 3.63) is 64.2 Å². The number of aryl methyl sites for hydroxylation is 3. The van der Waals surface area contributed by atoms with Crippen molar-refractivity contribution in [1.29, 1.82) is 0 Å². The molecule has 1 aliphatic rings. The molecule has 4 heteroatoms. The first kappa shape index (κ1) is 16.2. The Morgan fingerprint density at radius 1 is 1.04 bits per heavy atom. The maximum Gasteiger partial charge on any atom is 0.243 e. The van der Waals surface area contributed by atoms with Gasteiger partial charge in [-0.3, -0.25) is 0 Å². The van der Waals surface area contributed by atoms with Crippen LogP contribution in [0.4, 0.5) is 0 Å². The molecule has 0 saturated carbocycles. The summed E-state index contributed by atoms with van der Waals surface area (Å²) in [5, 5.41) is 0. The summed E-state index contributed by atoms with van der Waals surface area (Å²) in [5.74, 6) is 0. The van der Waals surface area contributed by atoms with E-state index < -0.39 is 10.0 Å². The molecule has 3 rings (SSSR count). The van der Waals surface area contributed by atoms with Crippen molar-refractivity contribution in [1.82, 2.24) is 4.31 Å². The third-order valence-electron chi connectivity index (χ3n) is 4.50. The lowest BCUT2D eigenvalue weighted by Crippen LogP contribution is -2.25. The molecule has 1 heterocycles. The number of fused-ring (bicyclic) bond motifs is 1. The van der Waals surface area contributed by atoms with Crippen molar-refractivity contribution in [2.24, 2.45) is 0 Å². The molecule has 0 bridgehead atoms. The van der Waals surface area contributed by atoms with Gasteiger partial charge in [0.25, 0.3) is 0 Å². The van der Waals surface area contributed by atoms with Crippen molar-refractivity contribution in [3.63, 3.8) is 0 Å². The summed E-state index contributed by atoms with van der Waals surface area (Å²) < 4.78 is 27.3. The third kappa shape index (κ3) is 3.06. The van der Waals surface area contributed by atoms with E-state index in [0.717, 1.165) is 24.0 Å². The molecule has 0 N–H and O–H groups in total. The van der Waals surface area contributed by atoms with Crippen LogP contribution in [0.15, 0.2) is 41.3 Å². The van der Waals surface area contributed by atoms with E-state index in [1.807, 2.05) is 19.1 Å². The van der Waals surface area contributed by atoms with Crippen molar-refractivity contribution < 1.29 is 8.42 Å². The standard InChI is InChI=1S/C19H23NO2S/c1-4-5-16-10-15(3)19-13-20(12-17(19)11-16)23(21,22)18-8-6-14(2)7-9-18/h6-11H,4-5,12-13H2,1-3H3. The number of nitrogens with zero attached hydrogens (tertiary/aromatic N) is 1. The van der Waals surface area contributed by atoms with Gasteiger partial charge in [-0.1, -0.05) is 43.2 Å². The average molecular weight is 329 g/mol. The average Bonchev–Trinajstić information content (AvgIpc) is 2.93. The highest BCUT2D eigenvalue weighted by Gasteiger charge is 2.31. The molecule has 0 saturated heterocycles. The quantitative estimate of drug-likeness (QED) is 0.851. The van der Waals surface area contributed by atoms with Gasteiger partial charge in [-0.2, -0.15) is 4.31 Å². The van der Waals surface area contributed by atoms with E-state index in [2.05, 4.69) is 26.0 Å². The maximum absolute atomic E-state index is 12.9. The molecule has 1 aliphatic heterocycles. The zero-order valence-corrected chi connectivity index (χ0v) is 14.8. The molecule has 0 aromatic heterocycles. The smallest absolute Gasteiger partial charge is 0.207 e. The molecule has 2 aromatic carbocycles. The molecule has 0 unspecified atom stereocenters. The number of rotatable bonds is 4. The van der Waals surface area contributed by atoms with Crippen LogP contribution >= 0.6 is 0 Å². The lowest BCUT2D eigenvalue weighted by atomic mass is 9.98. The van der Waals surface area contributed by atoms with Crippen molar-refractivity contribution >= 4 is 10.0 Å². The van der Waals surface area contributed by atoms with Gasteiger partial charge >= 0.3 is 0 Å². The molecule has 3 nitrogen and oxygen atoms in total. The summed E-state index contributed by atoms with van der Waals surface area (Å²) in [6, 6.07) is 11.5. The Morgan fingerprint density at radius 2 is 1.74 bits per heavy atom. The predicted molar refractivity (Wildman–Crippen MR) is 92.8 cm³/mol. The van der Waals surface area contributed by atoms with Crippen LogP contribution in [0.25, 0.3) is 0 Å². The summed E-state index contributed by atoms with van der Waals surface area (Å²) in [6.45, 7) is 7.16. The minimum atomic E-state index is -3.43. The molecular weight excluding hydrogens is 306 g/mol. The molecule has 0 amide bonds. The second kappa shape index (κ2) is 6.10. The molecule has 0 spiro atoms. The molecule has 23 heavy (non-hydrogen) atoms. The van der Waals surface area contributed by atoms with Gasteiger partial charge in [0, 0.05) is 13.1 Å². The first-order valence-corrected chi connectivity index (χ1v) is 9.54. The Hall–Kier alpha value is -1.65. The summed E-state index contributed by atoms with van der Waals surface area (Å²) in [6.07, 6.45) is 2.14. The highest BCUT2D eigenvalue weighted by Crippen LogP contribution is 2.31. The van der Waals surface area contributed by atoms with E-state index in [1.165, 1.54) is 16.7 Å². The summed E-state index contributed by atoms with van der Waals surface area (Å²) in [7, 11) is -3.43. The van der Waals surface area contributed by atoms with Crippen molar-refractivity contribution in [2.45, 2.75) is 51.6 Å². The van der Waals surface area contributed by atoms with E-state index in [1.54, 1.807) is 16.4 Å². The summed E-state index contributed by atoms with van der Waals surface area (Å²) in [4.78, 5) is 0.377. The Morgan fingerprint density at radius 3 is 2.39 bits per heavy atom. The maximum atomic E-state index is 12.9. The van der Waals surface area contributed by atoms with Gasteiger partial charge in [0.15, 0.2) is 0 Å². The Kier molecular flexibility index (Phi) is 4.30. The van der Waals surface area contributed by atoms with Crippen LogP contribution in [0.5, 0.6) is 0 Å². The highest BCUT2D eigenvalue weighted by molar-refractivity contribution is 7.89. The van der Waals surface area contributed by atoms with Crippen molar-refractivity contribution in [2.75, 3.05) is 0 Å². The van der Waals surface area contributed by atoms with Gasteiger partial charge in [-0.05, 0) is 54.7 Å². The first-order valence-electron chi connectivity index (χ1n) is 8.10. The van der Waals surface area contributed by atoms with E-state index in [9.17, 15) is 8.42 Å². The second-order valence-corrected chi connectivity index (χ2v) is 8.32. The Bertz CT molecular complexity index is 823. The number of hydrogen-bond donors (Lipinski definition) is 0. The van der Waals surface area contributed by atoms with Gasteiger partial charge in [-0.25, -0.2) is 8.42 Å². The van der Waals surface area contributed by atoms with Gasteiger partial charge in [0.05, 0.1) is 4.90 Å². The lowest BCUT2D eigenvalue weighted by molar-refractivity contribution is 0.431. The van der Waals surface area contributed by atoms with Crippen LogP contribution in [0.2, 0.25) is 0 Å². The fraction of sp³-hybridized carbons (Fsp3) is 0.368. The zero-order chi connectivity index (χ0) is 16.6. The molecule has 0 fully saturated rings. The van der Waals surface area contributed by atoms with Crippen LogP contribution in [0.3, 0.4) is 0 Å².